The van der Waals surface area contributed by atoms with E-state index in [9.17, 15) is 9.59 Å². The van der Waals surface area contributed by atoms with Gasteiger partial charge >= 0.3 is 0 Å². The van der Waals surface area contributed by atoms with Crippen molar-refractivity contribution in [2.45, 2.75) is 32.4 Å². The lowest BCUT2D eigenvalue weighted by atomic mass is 9.93. The molecule has 2 atom stereocenters. The first-order chi connectivity index (χ1) is 12.0. The molecule has 1 aromatic heterocycles. The van der Waals surface area contributed by atoms with E-state index < -0.39 is 0 Å². The van der Waals surface area contributed by atoms with E-state index in [2.05, 4.69) is 0 Å². The molecular formula is C19H22N2O4. The second-order valence-electron chi connectivity index (χ2n) is 6.35. The second-order valence-corrected chi connectivity index (χ2v) is 6.35. The van der Waals surface area contributed by atoms with E-state index in [1.54, 1.807) is 17.0 Å². The van der Waals surface area contributed by atoms with Crippen LogP contribution < -0.4 is 10.5 Å². The standard InChI is InChI=1S/C19H22N2O4/c1-13-7-8-14(18(20)22)11-21(13)19(23)17-10-9-16(25-17)12-24-15-5-3-2-4-6-15/h2-6,9-10,13-14H,7-8,11-12H2,1H3,(H2,20,22)/t13-,14-/m0/s1. The Morgan fingerprint density at radius 1 is 1.20 bits per heavy atom. The number of benzene rings is 1. The first-order valence-electron chi connectivity index (χ1n) is 8.41. The molecule has 0 aliphatic carbocycles. The number of piperidine rings is 1. The molecule has 6 heteroatoms. The molecule has 0 spiro atoms. The summed E-state index contributed by atoms with van der Waals surface area (Å²) in [6.45, 7) is 2.56. The highest BCUT2D eigenvalue weighted by molar-refractivity contribution is 5.92. The van der Waals surface area contributed by atoms with Gasteiger partial charge in [0.25, 0.3) is 5.91 Å². The van der Waals surface area contributed by atoms with E-state index in [1.807, 2.05) is 37.3 Å². The molecule has 1 aliphatic heterocycles. The van der Waals surface area contributed by atoms with Gasteiger partial charge in [-0.1, -0.05) is 18.2 Å². The summed E-state index contributed by atoms with van der Waals surface area (Å²) >= 11 is 0. The number of likely N-dealkylation sites (tertiary alicyclic amines) is 1. The van der Waals surface area contributed by atoms with Crippen LogP contribution in [0.4, 0.5) is 0 Å². The summed E-state index contributed by atoms with van der Waals surface area (Å²) in [6.07, 6.45) is 1.47. The summed E-state index contributed by atoms with van der Waals surface area (Å²) in [5, 5.41) is 0. The molecule has 0 saturated carbocycles. The third-order valence-electron chi connectivity index (χ3n) is 4.54. The number of para-hydroxylation sites is 1. The molecule has 2 aromatic rings. The summed E-state index contributed by atoms with van der Waals surface area (Å²) in [5.74, 6) is 0.689. The normalized spacial score (nSPS) is 20.3. The van der Waals surface area contributed by atoms with Crippen molar-refractivity contribution in [3.05, 3.63) is 54.0 Å². The Hall–Kier alpha value is -2.76. The van der Waals surface area contributed by atoms with Crippen molar-refractivity contribution >= 4 is 11.8 Å². The topological polar surface area (TPSA) is 85.8 Å². The fourth-order valence-electron chi connectivity index (χ4n) is 3.01. The summed E-state index contributed by atoms with van der Waals surface area (Å²) < 4.78 is 11.3. The minimum atomic E-state index is -0.360. The SMILES string of the molecule is C[C@H]1CC[C@H](C(N)=O)CN1C(=O)c1ccc(COc2ccccc2)o1. The van der Waals surface area contributed by atoms with Gasteiger partial charge in [-0.3, -0.25) is 9.59 Å². The van der Waals surface area contributed by atoms with E-state index >= 15 is 0 Å². The number of amides is 2. The lowest BCUT2D eigenvalue weighted by Crippen LogP contribution is -2.48. The molecule has 1 saturated heterocycles. The molecule has 2 amide bonds. The first kappa shape index (κ1) is 17.1. The summed E-state index contributed by atoms with van der Waals surface area (Å²) in [6, 6.07) is 12.8. The van der Waals surface area contributed by atoms with Gasteiger partial charge in [-0.25, -0.2) is 0 Å². The molecule has 6 nitrogen and oxygen atoms in total. The number of nitrogens with zero attached hydrogens (tertiary/aromatic N) is 1. The van der Waals surface area contributed by atoms with Crippen LogP contribution >= 0.6 is 0 Å². The Labute approximate surface area is 146 Å². The highest BCUT2D eigenvalue weighted by atomic mass is 16.5. The number of hydrogen-bond acceptors (Lipinski definition) is 4. The third-order valence-corrected chi connectivity index (χ3v) is 4.54. The van der Waals surface area contributed by atoms with Crippen LogP contribution in [0.5, 0.6) is 5.75 Å². The van der Waals surface area contributed by atoms with Gasteiger partial charge in [0.2, 0.25) is 5.91 Å². The van der Waals surface area contributed by atoms with Crippen molar-refractivity contribution in [2.75, 3.05) is 6.54 Å². The molecule has 1 fully saturated rings. The number of carbonyl (C=O) groups is 2. The first-order valence-corrected chi connectivity index (χ1v) is 8.41. The molecule has 2 N–H and O–H groups in total. The van der Waals surface area contributed by atoms with Crippen LogP contribution in [0.3, 0.4) is 0 Å². The predicted molar refractivity (Wildman–Crippen MR) is 91.9 cm³/mol. The maximum absolute atomic E-state index is 12.7. The smallest absolute Gasteiger partial charge is 0.289 e. The number of rotatable bonds is 5. The number of hydrogen-bond donors (Lipinski definition) is 1. The van der Waals surface area contributed by atoms with Crippen molar-refractivity contribution in [3.63, 3.8) is 0 Å². The van der Waals surface area contributed by atoms with Crippen LogP contribution in [-0.2, 0) is 11.4 Å². The van der Waals surface area contributed by atoms with E-state index in [4.69, 9.17) is 14.9 Å². The summed E-state index contributed by atoms with van der Waals surface area (Å²) in [4.78, 5) is 25.8. The predicted octanol–water partition coefficient (Wildman–Crippen LogP) is 2.58. The van der Waals surface area contributed by atoms with Gasteiger partial charge in [-0.2, -0.15) is 0 Å². The summed E-state index contributed by atoms with van der Waals surface area (Å²) in [5.41, 5.74) is 5.40. The Morgan fingerprint density at radius 2 is 1.96 bits per heavy atom. The van der Waals surface area contributed by atoms with E-state index in [-0.39, 0.29) is 36.1 Å². The maximum Gasteiger partial charge on any atom is 0.289 e. The molecule has 1 aromatic carbocycles. The van der Waals surface area contributed by atoms with E-state index in [1.165, 1.54) is 0 Å². The molecule has 0 unspecified atom stereocenters. The zero-order valence-corrected chi connectivity index (χ0v) is 14.2. The van der Waals surface area contributed by atoms with Crippen LogP contribution in [0.25, 0.3) is 0 Å². The zero-order valence-electron chi connectivity index (χ0n) is 14.2. The lowest BCUT2D eigenvalue weighted by molar-refractivity contribution is -0.123. The molecular weight excluding hydrogens is 320 g/mol. The van der Waals surface area contributed by atoms with Crippen LogP contribution in [-0.4, -0.2) is 29.3 Å². The van der Waals surface area contributed by atoms with Crippen LogP contribution in [0.1, 0.15) is 36.1 Å². The van der Waals surface area contributed by atoms with Crippen LogP contribution in [0.2, 0.25) is 0 Å². The van der Waals surface area contributed by atoms with Crippen molar-refractivity contribution in [2.24, 2.45) is 11.7 Å². The highest BCUT2D eigenvalue weighted by Gasteiger charge is 2.33. The van der Waals surface area contributed by atoms with E-state index in [0.29, 0.717) is 18.7 Å². The number of carbonyl (C=O) groups excluding carboxylic acids is 2. The van der Waals surface area contributed by atoms with Crippen molar-refractivity contribution in [1.82, 2.24) is 4.90 Å². The fourth-order valence-corrected chi connectivity index (χ4v) is 3.01. The van der Waals surface area contributed by atoms with Gasteiger partial charge in [0, 0.05) is 12.6 Å². The monoisotopic (exact) mass is 342 g/mol. The Kier molecular flexibility index (Phi) is 5.07. The van der Waals surface area contributed by atoms with Crippen molar-refractivity contribution < 1.29 is 18.7 Å². The zero-order chi connectivity index (χ0) is 17.8. The second kappa shape index (κ2) is 7.42. The molecule has 1 aliphatic rings. The fraction of sp³-hybridized carbons (Fsp3) is 0.368. The third kappa shape index (κ3) is 4.02. The summed E-state index contributed by atoms with van der Waals surface area (Å²) in [7, 11) is 0. The largest absolute Gasteiger partial charge is 0.486 e. The minimum Gasteiger partial charge on any atom is -0.486 e. The lowest BCUT2D eigenvalue weighted by Gasteiger charge is -2.36. The number of ether oxygens (including phenoxy) is 1. The van der Waals surface area contributed by atoms with E-state index in [0.717, 1.165) is 12.2 Å². The van der Waals surface area contributed by atoms with Gasteiger partial charge < -0.3 is 19.8 Å². The number of furan rings is 1. The number of primary amides is 1. The van der Waals surface area contributed by atoms with Crippen LogP contribution in [0, 0.1) is 5.92 Å². The van der Waals surface area contributed by atoms with Crippen LogP contribution in [0.15, 0.2) is 46.9 Å². The number of nitrogens with two attached hydrogens (primary N) is 1. The Morgan fingerprint density at radius 3 is 2.68 bits per heavy atom. The molecule has 132 valence electrons. The maximum atomic E-state index is 12.7. The minimum absolute atomic E-state index is 0.0530. The van der Waals surface area contributed by atoms with Gasteiger partial charge in [0.05, 0.1) is 5.92 Å². The molecule has 0 bridgehead atoms. The molecule has 0 radical (unpaired) electrons. The van der Waals surface area contributed by atoms with Gasteiger partial charge in [-0.15, -0.1) is 0 Å². The van der Waals surface area contributed by atoms with Gasteiger partial charge in [0.1, 0.15) is 18.1 Å². The molecule has 3 rings (SSSR count). The quantitative estimate of drug-likeness (QED) is 0.905. The molecule has 2 heterocycles. The average molecular weight is 342 g/mol. The highest BCUT2D eigenvalue weighted by Crippen LogP contribution is 2.24. The Balaban J connectivity index is 1.64. The van der Waals surface area contributed by atoms with Gasteiger partial charge in [-0.05, 0) is 44.0 Å². The van der Waals surface area contributed by atoms with Gasteiger partial charge in [0.15, 0.2) is 5.76 Å². The molecule has 25 heavy (non-hydrogen) atoms. The van der Waals surface area contributed by atoms with Crippen molar-refractivity contribution in [3.8, 4) is 5.75 Å². The average Bonchev–Trinajstić information content (AvgIpc) is 3.09. The Bertz CT molecular complexity index is 741. The van der Waals surface area contributed by atoms with Crippen molar-refractivity contribution in [1.29, 1.82) is 0 Å².